The number of hydrogen-bond acceptors (Lipinski definition) is 4. The third-order valence-electron chi connectivity index (χ3n) is 3.23. The second-order valence-corrected chi connectivity index (χ2v) is 4.44. The number of nitrogens with two attached hydrogens (primary N) is 1. The Bertz CT molecular complexity index is 617. The minimum absolute atomic E-state index is 0.304. The van der Waals surface area contributed by atoms with E-state index in [0.717, 1.165) is 17.1 Å². The van der Waals surface area contributed by atoms with Gasteiger partial charge in [0.25, 0.3) is 5.91 Å². The van der Waals surface area contributed by atoms with Crippen molar-refractivity contribution in [2.24, 2.45) is 5.84 Å². The predicted octanol–water partition coefficient (Wildman–Crippen LogP) is 0.855. The third-order valence-corrected chi connectivity index (χ3v) is 3.23. The molecule has 6 nitrogen and oxygen atoms in total. The standard InChI is InChI=1S/C13H17N5O/c1-8-9(2)17-18(10(8)3)7-11-5-4-6-12(15-11)13(19)16-14/h4-6H,7,14H2,1-3H3,(H,16,19). The zero-order valence-corrected chi connectivity index (χ0v) is 11.3. The van der Waals surface area contributed by atoms with E-state index in [9.17, 15) is 4.79 Å². The molecule has 0 fully saturated rings. The first kappa shape index (κ1) is 13.2. The summed E-state index contributed by atoms with van der Waals surface area (Å²) < 4.78 is 1.89. The molecule has 2 rings (SSSR count). The van der Waals surface area contributed by atoms with E-state index in [2.05, 4.69) is 15.5 Å². The highest BCUT2D eigenvalue weighted by Gasteiger charge is 2.10. The van der Waals surface area contributed by atoms with Crippen molar-refractivity contribution in [2.45, 2.75) is 27.3 Å². The summed E-state index contributed by atoms with van der Waals surface area (Å²) >= 11 is 0. The van der Waals surface area contributed by atoms with Crippen LogP contribution in [0.4, 0.5) is 0 Å². The Morgan fingerprint density at radius 1 is 1.37 bits per heavy atom. The summed E-state index contributed by atoms with van der Waals surface area (Å²) in [5, 5.41) is 4.45. The molecule has 2 aromatic rings. The number of amides is 1. The largest absolute Gasteiger partial charge is 0.289 e. The summed E-state index contributed by atoms with van der Waals surface area (Å²) in [7, 11) is 0. The molecule has 3 N–H and O–H groups in total. The molecule has 0 spiro atoms. The van der Waals surface area contributed by atoms with E-state index in [1.807, 2.05) is 31.5 Å². The van der Waals surface area contributed by atoms with Crippen molar-refractivity contribution in [3.05, 3.63) is 46.5 Å². The molecular formula is C13H17N5O. The van der Waals surface area contributed by atoms with Crippen molar-refractivity contribution < 1.29 is 4.79 Å². The first-order valence-electron chi connectivity index (χ1n) is 6.00. The van der Waals surface area contributed by atoms with E-state index >= 15 is 0 Å². The van der Waals surface area contributed by atoms with Gasteiger partial charge in [0.15, 0.2) is 0 Å². The quantitative estimate of drug-likeness (QED) is 0.486. The Kier molecular flexibility index (Phi) is 3.62. The minimum atomic E-state index is -0.397. The fraction of sp³-hybridized carbons (Fsp3) is 0.308. The van der Waals surface area contributed by atoms with E-state index in [0.29, 0.717) is 12.2 Å². The van der Waals surface area contributed by atoms with Gasteiger partial charge in [-0.15, -0.1) is 0 Å². The van der Waals surface area contributed by atoms with Crippen LogP contribution in [0.3, 0.4) is 0 Å². The molecule has 0 radical (unpaired) electrons. The van der Waals surface area contributed by atoms with Gasteiger partial charge in [0.05, 0.1) is 17.9 Å². The molecule has 0 atom stereocenters. The summed E-state index contributed by atoms with van der Waals surface area (Å²) in [5.74, 6) is 4.70. The van der Waals surface area contributed by atoms with E-state index in [-0.39, 0.29) is 0 Å². The number of aromatic nitrogens is 3. The van der Waals surface area contributed by atoms with Crippen molar-refractivity contribution in [1.82, 2.24) is 20.2 Å². The molecule has 0 bridgehead atoms. The van der Waals surface area contributed by atoms with Crippen LogP contribution >= 0.6 is 0 Å². The summed E-state index contributed by atoms with van der Waals surface area (Å²) in [6.45, 7) is 6.57. The Balaban J connectivity index is 2.28. The van der Waals surface area contributed by atoms with Crippen molar-refractivity contribution in [2.75, 3.05) is 0 Å². The van der Waals surface area contributed by atoms with E-state index in [1.165, 1.54) is 5.56 Å². The highest BCUT2D eigenvalue weighted by molar-refractivity contribution is 5.91. The normalized spacial score (nSPS) is 10.5. The Morgan fingerprint density at radius 3 is 2.68 bits per heavy atom. The van der Waals surface area contributed by atoms with Crippen LogP contribution in [0.25, 0.3) is 0 Å². The zero-order chi connectivity index (χ0) is 14.0. The van der Waals surface area contributed by atoms with Crippen molar-refractivity contribution in [3.63, 3.8) is 0 Å². The highest BCUT2D eigenvalue weighted by atomic mass is 16.2. The molecule has 19 heavy (non-hydrogen) atoms. The molecule has 1 amide bonds. The maximum absolute atomic E-state index is 11.4. The van der Waals surface area contributed by atoms with Crippen LogP contribution in [0.15, 0.2) is 18.2 Å². The van der Waals surface area contributed by atoms with Crippen LogP contribution < -0.4 is 11.3 Å². The molecule has 100 valence electrons. The molecule has 6 heteroatoms. The van der Waals surface area contributed by atoms with Crippen molar-refractivity contribution in [1.29, 1.82) is 0 Å². The van der Waals surface area contributed by atoms with Crippen LogP contribution in [0.2, 0.25) is 0 Å². The summed E-state index contributed by atoms with van der Waals surface area (Å²) in [6, 6.07) is 5.27. The monoisotopic (exact) mass is 259 g/mol. The van der Waals surface area contributed by atoms with Gasteiger partial charge >= 0.3 is 0 Å². The van der Waals surface area contributed by atoms with Gasteiger partial charge in [-0.1, -0.05) is 6.07 Å². The van der Waals surface area contributed by atoms with Crippen molar-refractivity contribution >= 4 is 5.91 Å². The van der Waals surface area contributed by atoms with Gasteiger partial charge in [0, 0.05) is 5.69 Å². The van der Waals surface area contributed by atoms with Crippen LogP contribution in [-0.4, -0.2) is 20.7 Å². The number of carbonyl (C=O) groups excluding carboxylic acids is 1. The molecule has 0 saturated carbocycles. The molecule has 0 aliphatic rings. The maximum atomic E-state index is 11.4. The molecule has 0 aromatic carbocycles. The van der Waals surface area contributed by atoms with E-state index in [4.69, 9.17) is 5.84 Å². The lowest BCUT2D eigenvalue weighted by molar-refractivity contribution is 0.0948. The second kappa shape index (κ2) is 5.19. The smallest absolute Gasteiger partial charge is 0.283 e. The summed E-state index contributed by atoms with van der Waals surface area (Å²) in [5.41, 5.74) is 6.44. The SMILES string of the molecule is Cc1nn(Cc2cccc(C(=O)NN)n2)c(C)c1C. The van der Waals surface area contributed by atoms with Gasteiger partial charge < -0.3 is 0 Å². The van der Waals surface area contributed by atoms with Gasteiger partial charge in [-0.05, 0) is 38.5 Å². The van der Waals surface area contributed by atoms with Crippen LogP contribution in [0.5, 0.6) is 0 Å². The zero-order valence-electron chi connectivity index (χ0n) is 11.3. The first-order valence-corrected chi connectivity index (χ1v) is 6.00. The van der Waals surface area contributed by atoms with Gasteiger partial charge in [0.2, 0.25) is 0 Å². The number of nitrogen functional groups attached to an aromatic ring is 1. The predicted molar refractivity (Wildman–Crippen MR) is 71.4 cm³/mol. The number of hydrogen-bond donors (Lipinski definition) is 2. The number of nitrogens with zero attached hydrogens (tertiary/aromatic N) is 3. The molecule has 0 aliphatic heterocycles. The number of aryl methyl sites for hydroxylation is 1. The number of nitrogens with one attached hydrogen (secondary N) is 1. The lowest BCUT2D eigenvalue weighted by atomic mass is 10.2. The van der Waals surface area contributed by atoms with Crippen LogP contribution in [0, 0.1) is 20.8 Å². The van der Waals surface area contributed by atoms with Crippen LogP contribution in [-0.2, 0) is 6.54 Å². The Morgan fingerprint density at radius 2 is 2.11 bits per heavy atom. The lowest BCUT2D eigenvalue weighted by Crippen LogP contribution is -2.30. The van der Waals surface area contributed by atoms with E-state index < -0.39 is 5.91 Å². The third kappa shape index (κ3) is 2.63. The molecule has 0 saturated heterocycles. The lowest BCUT2D eigenvalue weighted by Gasteiger charge is -2.06. The van der Waals surface area contributed by atoms with Gasteiger partial charge in [0.1, 0.15) is 5.69 Å². The second-order valence-electron chi connectivity index (χ2n) is 4.44. The summed E-state index contributed by atoms with van der Waals surface area (Å²) in [6.07, 6.45) is 0. The summed E-state index contributed by atoms with van der Waals surface area (Å²) in [4.78, 5) is 15.7. The van der Waals surface area contributed by atoms with Crippen molar-refractivity contribution in [3.8, 4) is 0 Å². The first-order chi connectivity index (χ1) is 9.02. The number of hydrazine groups is 1. The number of rotatable bonds is 3. The molecule has 0 aliphatic carbocycles. The van der Waals surface area contributed by atoms with Gasteiger partial charge in [-0.2, -0.15) is 5.10 Å². The Labute approximate surface area is 111 Å². The molecular weight excluding hydrogens is 242 g/mol. The number of pyridine rings is 1. The van der Waals surface area contributed by atoms with Crippen LogP contribution in [0.1, 0.15) is 33.1 Å². The molecule has 2 heterocycles. The van der Waals surface area contributed by atoms with Gasteiger partial charge in [-0.25, -0.2) is 10.8 Å². The topological polar surface area (TPSA) is 85.8 Å². The Hall–Kier alpha value is -2.21. The molecule has 2 aromatic heterocycles. The fourth-order valence-electron chi connectivity index (χ4n) is 1.86. The van der Waals surface area contributed by atoms with E-state index in [1.54, 1.807) is 12.1 Å². The minimum Gasteiger partial charge on any atom is -0.289 e. The number of carbonyl (C=O) groups is 1. The average Bonchev–Trinajstić information content (AvgIpc) is 2.66. The fourth-order valence-corrected chi connectivity index (χ4v) is 1.86. The maximum Gasteiger partial charge on any atom is 0.283 e. The average molecular weight is 259 g/mol. The highest BCUT2D eigenvalue weighted by Crippen LogP contribution is 2.12. The van der Waals surface area contributed by atoms with Gasteiger partial charge in [-0.3, -0.25) is 14.9 Å². The molecule has 0 unspecified atom stereocenters.